The van der Waals surface area contributed by atoms with Gasteiger partial charge in [0.2, 0.25) is 11.8 Å². The molecule has 2 amide bonds. The number of benzene rings is 1. The van der Waals surface area contributed by atoms with Gasteiger partial charge in [-0.05, 0) is 25.5 Å². The Labute approximate surface area is 162 Å². The lowest BCUT2D eigenvalue weighted by Crippen LogP contribution is -2.52. The molecule has 0 unspecified atom stereocenters. The SMILES string of the molecule is CCN(C(=O)CN1CCN(CC(=O)NCCOC)CC1)c1ccccc1C. The van der Waals surface area contributed by atoms with Gasteiger partial charge in [0.1, 0.15) is 0 Å². The van der Waals surface area contributed by atoms with Crippen molar-refractivity contribution in [3.05, 3.63) is 29.8 Å². The Morgan fingerprint density at radius 2 is 1.74 bits per heavy atom. The molecule has 150 valence electrons. The zero-order valence-corrected chi connectivity index (χ0v) is 16.7. The van der Waals surface area contributed by atoms with Crippen LogP contribution >= 0.6 is 0 Å². The quantitative estimate of drug-likeness (QED) is 0.644. The number of carbonyl (C=O) groups excluding carboxylic acids is 2. The van der Waals surface area contributed by atoms with Gasteiger partial charge in [-0.3, -0.25) is 19.4 Å². The molecule has 1 aromatic carbocycles. The molecule has 0 aliphatic carbocycles. The van der Waals surface area contributed by atoms with Crippen LogP contribution in [-0.4, -0.2) is 87.7 Å². The van der Waals surface area contributed by atoms with Crippen molar-refractivity contribution >= 4 is 17.5 Å². The summed E-state index contributed by atoms with van der Waals surface area (Å²) in [6.45, 7) is 9.74. The summed E-state index contributed by atoms with van der Waals surface area (Å²) in [5.74, 6) is 0.144. The molecule has 1 heterocycles. The van der Waals surface area contributed by atoms with E-state index in [1.54, 1.807) is 7.11 Å². The van der Waals surface area contributed by atoms with E-state index in [1.807, 2.05) is 43.0 Å². The predicted octanol–water partition coefficient (Wildman–Crippen LogP) is 0.728. The van der Waals surface area contributed by atoms with E-state index in [1.165, 1.54) is 0 Å². The molecule has 7 nitrogen and oxygen atoms in total. The van der Waals surface area contributed by atoms with Crippen LogP contribution in [-0.2, 0) is 14.3 Å². The summed E-state index contributed by atoms with van der Waals surface area (Å²) in [6.07, 6.45) is 0. The predicted molar refractivity (Wildman–Crippen MR) is 107 cm³/mol. The van der Waals surface area contributed by atoms with Crippen molar-refractivity contribution in [2.45, 2.75) is 13.8 Å². The molecule has 1 saturated heterocycles. The van der Waals surface area contributed by atoms with Crippen LogP contribution in [0.2, 0.25) is 0 Å². The maximum Gasteiger partial charge on any atom is 0.241 e. The summed E-state index contributed by atoms with van der Waals surface area (Å²) in [7, 11) is 1.62. The lowest BCUT2D eigenvalue weighted by Gasteiger charge is -2.35. The second kappa shape index (κ2) is 11.0. The van der Waals surface area contributed by atoms with E-state index in [-0.39, 0.29) is 11.8 Å². The number of hydrogen-bond donors (Lipinski definition) is 1. The van der Waals surface area contributed by atoms with Crippen molar-refractivity contribution < 1.29 is 14.3 Å². The van der Waals surface area contributed by atoms with Crippen molar-refractivity contribution in [2.75, 3.05) is 71.0 Å². The molecule has 1 fully saturated rings. The summed E-state index contributed by atoms with van der Waals surface area (Å²) in [5, 5.41) is 2.84. The molecule has 1 aliphatic rings. The molecule has 1 aliphatic heterocycles. The van der Waals surface area contributed by atoms with Crippen LogP contribution in [0, 0.1) is 6.92 Å². The van der Waals surface area contributed by atoms with E-state index >= 15 is 0 Å². The third kappa shape index (κ3) is 6.61. The number of piperazine rings is 1. The molecule has 1 N–H and O–H groups in total. The number of amides is 2. The fourth-order valence-electron chi connectivity index (χ4n) is 3.28. The summed E-state index contributed by atoms with van der Waals surface area (Å²) >= 11 is 0. The van der Waals surface area contributed by atoms with Gasteiger partial charge in [0.25, 0.3) is 0 Å². The first kappa shape index (κ1) is 21.3. The second-order valence-corrected chi connectivity index (χ2v) is 6.82. The number of carbonyl (C=O) groups is 2. The van der Waals surface area contributed by atoms with E-state index in [9.17, 15) is 9.59 Å². The van der Waals surface area contributed by atoms with Crippen LogP contribution < -0.4 is 10.2 Å². The number of para-hydroxylation sites is 1. The highest BCUT2D eigenvalue weighted by Crippen LogP contribution is 2.19. The van der Waals surface area contributed by atoms with Gasteiger partial charge in [0, 0.05) is 52.1 Å². The highest BCUT2D eigenvalue weighted by molar-refractivity contribution is 5.95. The molecule has 0 saturated carbocycles. The smallest absolute Gasteiger partial charge is 0.241 e. The lowest BCUT2D eigenvalue weighted by molar-refractivity contribution is -0.124. The van der Waals surface area contributed by atoms with Crippen LogP contribution in [0.5, 0.6) is 0 Å². The largest absolute Gasteiger partial charge is 0.383 e. The standard InChI is InChI=1S/C20H32N4O3/c1-4-24(18-8-6-5-7-17(18)2)20(26)16-23-12-10-22(11-13-23)15-19(25)21-9-14-27-3/h5-8H,4,9-16H2,1-3H3,(H,21,25). The number of nitrogens with zero attached hydrogens (tertiary/aromatic N) is 3. The van der Waals surface area contributed by atoms with Crippen molar-refractivity contribution in [3.8, 4) is 0 Å². The molecule has 7 heteroatoms. The van der Waals surface area contributed by atoms with Crippen LogP contribution in [0.15, 0.2) is 24.3 Å². The highest BCUT2D eigenvalue weighted by atomic mass is 16.5. The molecule has 2 rings (SSSR count). The van der Waals surface area contributed by atoms with Gasteiger partial charge in [-0.15, -0.1) is 0 Å². The first-order valence-corrected chi connectivity index (χ1v) is 9.61. The molecule has 27 heavy (non-hydrogen) atoms. The fourth-order valence-corrected chi connectivity index (χ4v) is 3.28. The zero-order chi connectivity index (χ0) is 19.6. The Kier molecular flexibility index (Phi) is 8.71. The van der Waals surface area contributed by atoms with Gasteiger partial charge < -0.3 is 15.0 Å². The van der Waals surface area contributed by atoms with E-state index in [4.69, 9.17) is 4.74 Å². The number of likely N-dealkylation sites (N-methyl/N-ethyl adjacent to an activating group) is 1. The first-order valence-electron chi connectivity index (χ1n) is 9.61. The zero-order valence-electron chi connectivity index (χ0n) is 16.7. The fraction of sp³-hybridized carbons (Fsp3) is 0.600. The minimum absolute atomic E-state index is 0.0216. The number of nitrogens with one attached hydrogen (secondary N) is 1. The molecule has 0 atom stereocenters. The number of methoxy groups -OCH3 is 1. The Bertz CT molecular complexity index is 615. The average molecular weight is 377 g/mol. The Balaban J connectivity index is 1.78. The van der Waals surface area contributed by atoms with Gasteiger partial charge in [-0.25, -0.2) is 0 Å². The Hall–Kier alpha value is -1.96. The summed E-state index contributed by atoms with van der Waals surface area (Å²) in [5.41, 5.74) is 2.09. The van der Waals surface area contributed by atoms with Crippen LogP contribution in [0.3, 0.4) is 0 Å². The molecular formula is C20H32N4O3. The Morgan fingerprint density at radius 1 is 1.11 bits per heavy atom. The number of hydrogen-bond acceptors (Lipinski definition) is 5. The molecule has 0 aromatic heterocycles. The van der Waals surface area contributed by atoms with E-state index in [0.29, 0.717) is 32.8 Å². The second-order valence-electron chi connectivity index (χ2n) is 6.82. The number of aryl methyl sites for hydroxylation is 1. The summed E-state index contributed by atoms with van der Waals surface area (Å²) < 4.78 is 4.93. The summed E-state index contributed by atoms with van der Waals surface area (Å²) in [4.78, 5) is 30.8. The average Bonchev–Trinajstić information content (AvgIpc) is 2.66. The number of anilines is 1. The molecular weight excluding hydrogens is 344 g/mol. The van der Waals surface area contributed by atoms with E-state index in [0.717, 1.165) is 37.4 Å². The van der Waals surface area contributed by atoms with Crippen LogP contribution in [0.4, 0.5) is 5.69 Å². The third-order valence-electron chi connectivity index (χ3n) is 4.84. The highest BCUT2D eigenvalue weighted by Gasteiger charge is 2.23. The normalized spacial score (nSPS) is 15.5. The Morgan fingerprint density at radius 3 is 2.33 bits per heavy atom. The van der Waals surface area contributed by atoms with Crippen molar-refractivity contribution in [1.82, 2.24) is 15.1 Å². The number of rotatable bonds is 9. The molecule has 0 bridgehead atoms. The van der Waals surface area contributed by atoms with Gasteiger partial charge in [-0.2, -0.15) is 0 Å². The van der Waals surface area contributed by atoms with Crippen LogP contribution in [0.25, 0.3) is 0 Å². The van der Waals surface area contributed by atoms with E-state index < -0.39 is 0 Å². The lowest BCUT2D eigenvalue weighted by atomic mass is 10.1. The van der Waals surface area contributed by atoms with Crippen molar-refractivity contribution in [3.63, 3.8) is 0 Å². The third-order valence-corrected chi connectivity index (χ3v) is 4.84. The first-order chi connectivity index (χ1) is 13.0. The van der Waals surface area contributed by atoms with Gasteiger partial charge in [0.05, 0.1) is 19.7 Å². The van der Waals surface area contributed by atoms with Gasteiger partial charge in [0.15, 0.2) is 0 Å². The summed E-state index contributed by atoms with van der Waals surface area (Å²) in [6, 6.07) is 7.98. The van der Waals surface area contributed by atoms with Crippen molar-refractivity contribution in [2.24, 2.45) is 0 Å². The number of ether oxygens (including phenoxy) is 1. The van der Waals surface area contributed by atoms with Crippen LogP contribution in [0.1, 0.15) is 12.5 Å². The monoisotopic (exact) mass is 376 g/mol. The molecule has 0 spiro atoms. The maximum absolute atomic E-state index is 12.8. The molecule has 1 aromatic rings. The minimum atomic E-state index is 0.0216. The topological polar surface area (TPSA) is 65.1 Å². The maximum atomic E-state index is 12.8. The van der Waals surface area contributed by atoms with Crippen molar-refractivity contribution in [1.29, 1.82) is 0 Å². The minimum Gasteiger partial charge on any atom is -0.383 e. The van der Waals surface area contributed by atoms with Gasteiger partial charge >= 0.3 is 0 Å². The van der Waals surface area contributed by atoms with Gasteiger partial charge in [-0.1, -0.05) is 18.2 Å². The van der Waals surface area contributed by atoms with E-state index in [2.05, 4.69) is 15.1 Å². The molecule has 0 radical (unpaired) electrons.